The Hall–Kier alpha value is -1.69. The Kier molecular flexibility index (Phi) is 5.05. The highest BCUT2D eigenvalue weighted by molar-refractivity contribution is 6.54. The topological polar surface area (TPSA) is 121 Å². The normalized spacial score (nSPS) is 12.0. The first-order chi connectivity index (χ1) is 9.22. The van der Waals surface area contributed by atoms with Crippen molar-refractivity contribution in [3.8, 4) is 5.75 Å². The van der Waals surface area contributed by atoms with Gasteiger partial charge in [0.25, 0.3) is 15.2 Å². The summed E-state index contributed by atoms with van der Waals surface area (Å²) < 4.78 is 27.6. The standard InChI is InChI=1S/C10H8F2NO5.CH3.Al/c11-5-1-4(9(15)16)7(12)8(14)3(5)2-6(13)10(17)18;;/h6,14H,2,13H2,(H,15,16)(H,17,18);1H3;. The van der Waals surface area contributed by atoms with Crippen molar-refractivity contribution in [1.29, 1.82) is 0 Å². The fourth-order valence-corrected chi connectivity index (χ4v) is 2.69. The quantitative estimate of drug-likeness (QED) is 0.554. The Morgan fingerprint density at radius 2 is 1.85 bits per heavy atom. The molecule has 1 atom stereocenters. The molecule has 0 aliphatic rings. The van der Waals surface area contributed by atoms with Gasteiger partial charge in [-0.2, -0.15) is 0 Å². The molecule has 1 rings (SSSR count). The first kappa shape index (κ1) is 16.4. The van der Waals surface area contributed by atoms with Crippen molar-refractivity contribution in [2.45, 2.75) is 18.2 Å². The second kappa shape index (κ2) is 6.18. The summed E-state index contributed by atoms with van der Waals surface area (Å²) in [4.78, 5) is 21.6. The zero-order chi connectivity index (χ0) is 15.6. The van der Waals surface area contributed by atoms with E-state index in [4.69, 9.17) is 15.9 Å². The maximum Gasteiger partial charge on any atom is 0.337 e. The molecule has 0 bridgehead atoms. The van der Waals surface area contributed by atoms with E-state index in [1.165, 1.54) is 5.79 Å². The number of nitrogens with two attached hydrogens (primary N) is 1. The summed E-state index contributed by atoms with van der Waals surface area (Å²) in [6.45, 7) is 0. The van der Waals surface area contributed by atoms with Crippen LogP contribution in [-0.2, 0) is 11.2 Å². The lowest BCUT2D eigenvalue weighted by Gasteiger charge is -2.15. The number of benzene rings is 1. The van der Waals surface area contributed by atoms with E-state index in [-0.39, 0.29) is 4.43 Å². The predicted octanol–water partition coefficient (Wildman–Crippen LogP) is -0.299. The number of hydrogen-bond donors (Lipinski definition) is 4. The van der Waals surface area contributed by atoms with Crippen LogP contribution in [0.5, 0.6) is 5.75 Å². The monoisotopic (exact) mass is 302 g/mol. The molecule has 6 nitrogen and oxygen atoms in total. The number of carbonyl (C=O) groups is 2. The summed E-state index contributed by atoms with van der Waals surface area (Å²) in [5.74, 6) is -5.46. The van der Waals surface area contributed by atoms with Crippen molar-refractivity contribution in [1.82, 2.24) is 0 Å². The lowest BCUT2D eigenvalue weighted by Crippen LogP contribution is -2.35. The maximum absolute atomic E-state index is 14.1. The molecule has 0 fully saturated rings. The Bertz CT molecular complexity index is 579. The van der Waals surface area contributed by atoms with Gasteiger partial charge in [0.15, 0.2) is 11.6 Å². The van der Waals surface area contributed by atoms with E-state index in [0.29, 0.717) is 0 Å². The SMILES string of the molecule is [CH3][Al][c]1c(F)c(CC(N)C(=O)O)c(O)c(F)c1C(=O)O. The Balaban J connectivity index is 3.52. The van der Waals surface area contributed by atoms with Gasteiger partial charge in [-0.1, -0.05) is 4.43 Å². The van der Waals surface area contributed by atoms with E-state index >= 15 is 0 Å². The van der Waals surface area contributed by atoms with Gasteiger partial charge >= 0.3 is 11.9 Å². The third-order valence-electron chi connectivity index (χ3n) is 2.73. The van der Waals surface area contributed by atoms with E-state index < -0.39 is 68.1 Å². The van der Waals surface area contributed by atoms with Crippen LogP contribution in [0.15, 0.2) is 0 Å². The van der Waals surface area contributed by atoms with E-state index in [0.717, 1.165) is 0 Å². The van der Waals surface area contributed by atoms with E-state index in [1.54, 1.807) is 0 Å². The van der Waals surface area contributed by atoms with Crippen LogP contribution in [0.3, 0.4) is 0 Å². The number of halogens is 2. The highest BCUT2D eigenvalue weighted by Crippen LogP contribution is 2.27. The molecular weight excluding hydrogens is 291 g/mol. The largest absolute Gasteiger partial charge is 0.505 e. The van der Waals surface area contributed by atoms with E-state index in [9.17, 15) is 23.5 Å². The molecular formula is C11H11AlF2NO5. The van der Waals surface area contributed by atoms with Gasteiger partial charge in [0, 0.05) is 12.0 Å². The van der Waals surface area contributed by atoms with Gasteiger partial charge in [0.1, 0.15) is 11.9 Å². The molecule has 5 N–H and O–H groups in total. The zero-order valence-corrected chi connectivity index (χ0v) is 11.5. The van der Waals surface area contributed by atoms with Crippen LogP contribution in [0, 0.1) is 11.6 Å². The fourth-order valence-electron chi connectivity index (χ4n) is 1.72. The Labute approximate surface area is 118 Å². The molecule has 9 heteroatoms. The number of carboxylic acid groups (broad SMARTS) is 2. The molecule has 1 aromatic rings. The number of aliphatic carboxylic acids is 1. The maximum atomic E-state index is 14.1. The van der Waals surface area contributed by atoms with Crippen LogP contribution in [-0.4, -0.2) is 48.5 Å². The lowest BCUT2D eigenvalue weighted by atomic mass is 10.0. The second-order valence-electron chi connectivity index (χ2n) is 3.99. The zero-order valence-electron chi connectivity index (χ0n) is 10.4. The minimum atomic E-state index is -1.70. The van der Waals surface area contributed by atoms with E-state index in [1.807, 2.05) is 0 Å². The number of rotatable bonds is 5. The molecule has 1 radical (unpaired) electrons. The first-order valence-corrected chi connectivity index (χ1v) is 7.19. The summed E-state index contributed by atoms with van der Waals surface area (Å²) >= 11 is -0.906. The molecule has 0 aliphatic carbocycles. The third kappa shape index (κ3) is 2.90. The summed E-state index contributed by atoms with van der Waals surface area (Å²) in [7, 11) is 0. The van der Waals surface area contributed by atoms with Gasteiger partial charge in [-0.15, -0.1) is 5.79 Å². The van der Waals surface area contributed by atoms with Gasteiger partial charge in [0.2, 0.25) is 0 Å². The minimum Gasteiger partial charge on any atom is -0.505 e. The van der Waals surface area contributed by atoms with Crippen LogP contribution in [0.1, 0.15) is 15.9 Å². The van der Waals surface area contributed by atoms with Crippen LogP contribution >= 0.6 is 0 Å². The molecule has 1 unspecified atom stereocenters. The highest BCUT2D eigenvalue weighted by atomic mass is 27.1. The Morgan fingerprint density at radius 1 is 1.30 bits per heavy atom. The predicted molar refractivity (Wildman–Crippen MR) is 65.5 cm³/mol. The van der Waals surface area contributed by atoms with Gasteiger partial charge in [-0.25, -0.2) is 13.6 Å². The number of aromatic hydroxyl groups is 1. The average molecular weight is 302 g/mol. The molecule has 0 spiro atoms. The van der Waals surface area contributed by atoms with Gasteiger partial charge in [-0.3, -0.25) is 4.79 Å². The van der Waals surface area contributed by atoms with Crippen LogP contribution in [0.25, 0.3) is 0 Å². The molecule has 0 aromatic heterocycles. The van der Waals surface area contributed by atoms with Crippen molar-refractivity contribution in [2.24, 2.45) is 5.73 Å². The Morgan fingerprint density at radius 3 is 2.25 bits per heavy atom. The molecule has 0 saturated carbocycles. The summed E-state index contributed by atoms with van der Waals surface area (Å²) in [6.07, 6.45) is -0.643. The number of carboxylic acids is 2. The van der Waals surface area contributed by atoms with Crippen molar-refractivity contribution in [3.05, 3.63) is 22.8 Å². The summed E-state index contributed by atoms with van der Waals surface area (Å²) in [5, 5.41) is 27.1. The first-order valence-electron chi connectivity index (χ1n) is 5.46. The van der Waals surface area contributed by atoms with Crippen LogP contribution in [0.4, 0.5) is 8.78 Å². The molecule has 107 valence electrons. The molecule has 0 amide bonds. The van der Waals surface area contributed by atoms with Crippen LogP contribution < -0.4 is 10.2 Å². The lowest BCUT2D eigenvalue weighted by molar-refractivity contribution is -0.138. The number of phenolic OH excluding ortho intramolecular Hbond substituents is 1. The number of phenols is 1. The minimum absolute atomic E-state index is 0.361. The molecule has 0 aliphatic heterocycles. The third-order valence-corrected chi connectivity index (χ3v) is 3.85. The van der Waals surface area contributed by atoms with Gasteiger partial charge in [-0.05, 0) is 0 Å². The van der Waals surface area contributed by atoms with Crippen molar-refractivity contribution < 1.29 is 33.7 Å². The van der Waals surface area contributed by atoms with Crippen molar-refractivity contribution >= 4 is 31.6 Å². The molecule has 20 heavy (non-hydrogen) atoms. The average Bonchev–Trinajstić information content (AvgIpc) is 2.37. The number of aromatic carboxylic acids is 1. The van der Waals surface area contributed by atoms with Gasteiger partial charge in [0.05, 0.1) is 5.56 Å². The summed E-state index contributed by atoms with van der Waals surface area (Å²) in [6, 6.07) is -1.54. The summed E-state index contributed by atoms with van der Waals surface area (Å²) in [5.41, 5.74) is 3.67. The van der Waals surface area contributed by atoms with Crippen molar-refractivity contribution in [2.75, 3.05) is 0 Å². The second-order valence-corrected chi connectivity index (χ2v) is 5.14. The fraction of sp³-hybridized carbons (Fsp3) is 0.273. The highest BCUT2D eigenvalue weighted by Gasteiger charge is 2.28. The smallest absolute Gasteiger partial charge is 0.337 e. The molecule has 0 saturated heterocycles. The van der Waals surface area contributed by atoms with E-state index in [2.05, 4.69) is 0 Å². The van der Waals surface area contributed by atoms with Crippen molar-refractivity contribution in [3.63, 3.8) is 0 Å². The van der Waals surface area contributed by atoms with Gasteiger partial charge < -0.3 is 21.1 Å². The molecule has 0 heterocycles. The number of hydrogen-bond acceptors (Lipinski definition) is 4. The molecule has 1 aromatic carbocycles. The van der Waals surface area contributed by atoms with Crippen LogP contribution in [0.2, 0.25) is 5.79 Å².